The predicted octanol–water partition coefficient (Wildman–Crippen LogP) is 2.18. The van der Waals surface area contributed by atoms with Crippen molar-refractivity contribution in [3.05, 3.63) is 0 Å². The van der Waals surface area contributed by atoms with Crippen molar-refractivity contribution >= 4 is 0 Å². The first-order valence-electron chi connectivity index (χ1n) is 7.00. The van der Waals surface area contributed by atoms with Crippen molar-refractivity contribution < 1.29 is 9.84 Å². The lowest BCUT2D eigenvalue weighted by molar-refractivity contribution is 0.0491. The van der Waals surface area contributed by atoms with Gasteiger partial charge in [0.1, 0.15) is 0 Å². The van der Waals surface area contributed by atoms with Gasteiger partial charge in [-0.05, 0) is 31.1 Å². The van der Waals surface area contributed by atoms with Crippen molar-refractivity contribution in [2.24, 2.45) is 23.0 Å². The monoisotopic (exact) mass is 243 g/mol. The van der Waals surface area contributed by atoms with E-state index in [0.29, 0.717) is 12.5 Å². The van der Waals surface area contributed by atoms with E-state index >= 15 is 0 Å². The Morgan fingerprint density at radius 1 is 1.35 bits per heavy atom. The van der Waals surface area contributed by atoms with E-state index in [2.05, 4.69) is 13.8 Å². The van der Waals surface area contributed by atoms with E-state index in [0.717, 1.165) is 38.4 Å². The van der Waals surface area contributed by atoms with E-state index in [1.165, 1.54) is 12.8 Å². The minimum atomic E-state index is -0.0843. The first-order valence-corrected chi connectivity index (χ1v) is 7.00. The lowest BCUT2D eigenvalue weighted by Gasteiger charge is -2.30. The van der Waals surface area contributed by atoms with E-state index in [1.807, 2.05) is 0 Å². The number of hydrogen-bond donors (Lipinski definition) is 2. The van der Waals surface area contributed by atoms with Gasteiger partial charge in [0.15, 0.2) is 0 Å². The molecule has 1 fully saturated rings. The van der Waals surface area contributed by atoms with E-state index in [9.17, 15) is 5.11 Å². The summed E-state index contributed by atoms with van der Waals surface area (Å²) in [4.78, 5) is 0. The number of rotatable bonds is 10. The quantitative estimate of drug-likeness (QED) is 0.578. The van der Waals surface area contributed by atoms with Crippen LogP contribution >= 0.6 is 0 Å². The minimum absolute atomic E-state index is 0.0843. The average Bonchev–Trinajstić information content (AvgIpc) is 3.10. The summed E-state index contributed by atoms with van der Waals surface area (Å²) in [6.07, 6.45) is 5.71. The standard InChI is InChI=1S/C14H29NO2/c1-12(2)5-7-17-8-6-14(10-15,11-16)9-13-3-4-13/h12-13,16H,3-11,15H2,1-2H3. The summed E-state index contributed by atoms with van der Waals surface area (Å²) in [6.45, 7) is 6.74. The summed E-state index contributed by atoms with van der Waals surface area (Å²) in [5, 5.41) is 9.56. The molecule has 3 nitrogen and oxygen atoms in total. The van der Waals surface area contributed by atoms with Crippen molar-refractivity contribution in [2.45, 2.75) is 46.0 Å². The van der Waals surface area contributed by atoms with Crippen molar-refractivity contribution in [2.75, 3.05) is 26.4 Å². The zero-order valence-electron chi connectivity index (χ0n) is 11.5. The number of aliphatic hydroxyl groups is 1. The van der Waals surface area contributed by atoms with Gasteiger partial charge >= 0.3 is 0 Å². The molecule has 0 saturated heterocycles. The second-order valence-corrected chi connectivity index (χ2v) is 6.05. The molecule has 1 saturated carbocycles. The summed E-state index contributed by atoms with van der Waals surface area (Å²) < 4.78 is 5.64. The molecule has 17 heavy (non-hydrogen) atoms. The molecule has 1 rings (SSSR count). The molecule has 1 aliphatic carbocycles. The average molecular weight is 243 g/mol. The van der Waals surface area contributed by atoms with Crippen molar-refractivity contribution in [1.29, 1.82) is 0 Å². The van der Waals surface area contributed by atoms with E-state index in [4.69, 9.17) is 10.5 Å². The van der Waals surface area contributed by atoms with Gasteiger partial charge in [0.05, 0.1) is 0 Å². The van der Waals surface area contributed by atoms with Crippen LogP contribution in [0, 0.1) is 17.3 Å². The van der Waals surface area contributed by atoms with Gasteiger partial charge in [-0.25, -0.2) is 0 Å². The maximum absolute atomic E-state index is 9.56. The second kappa shape index (κ2) is 7.34. The van der Waals surface area contributed by atoms with Crippen LogP contribution in [-0.4, -0.2) is 31.5 Å². The molecule has 0 aromatic heterocycles. The Hall–Kier alpha value is -0.120. The fourth-order valence-electron chi connectivity index (χ4n) is 2.14. The third-order valence-corrected chi connectivity index (χ3v) is 3.80. The summed E-state index contributed by atoms with van der Waals surface area (Å²) in [6, 6.07) is 0. The number of hydrogen-bond acceptors (Lipinski definition) is 3. The molecular weight excluding hydrogens is 214 g/mol. The smallest absolute Gasteiger partial charge is 0.0500 e. The Kier molecular flexibility index (Phi) is 6.45. The van der Waals surface area contributed by atoms with Crippen LogP contribution in [0.3, 0.4) is 0 Å². The topological polar surface area (TPSA) is 55.5 Å². The van der Waals surface area contributed by atoms with Crippen LogP contribution in [0.4, 0.5) is 0 Å². The Morgan fingerprint density at radius 3 is 2.53 bits per heavy atom. The van der Waals surface area contributed by atoms with Gasteiger partial charge in [0, 0.05) is 31.8 Å². The summed E-state index contributed by atoms with van der Waals surface area (Å²) in [7, 11) is 0. The van der Waals surface area contributed by atoms with Gasteiger partial charge in [0.2, 0.25) is 0 Å². The van der Waals surface area contributed by atoms with Crippen LogP contribution in [0.5, 0.6) is 0 Å². The second-order valence-electron chi connectivity index (χ2n) is 6.05. The first-order chi connectivity index (χ1) is 8.12. The maximum atomic E-state index is 9.56. The molecule has 0 radical (unpaired) electrons. The van der Waals surface area contributed by atoms with Gasteiger partial charge in [-0.15, -0.1) is 0 Å². The SMILES string of the molecule is CC(C)CCOCCC(CN)(CO)CC1CC1. The molecule has 3 N–H and O–H groups in total. The fraction of sp³-hybridized carbons (Fsp3) is 1.00. The summed E-state index contributed by atoms with van der Waals surface area (Å²) in [5.41, 5.74) is 5.76. The Morgan fingerprint density at radius 2 is 2.06 bits per heavy atom. The molecule has 3 heteroatoms. The first kappa shape index (κ1) is 14.9. The molecule has 0 bridgehead atoms. The van der Waals surface area contributed by atoms with E-state index in [-0.39, 0.29) is 12.0 Å². The predicted molar refractivity (Wildman–Crippen MR) is 70.8 cm³/mol. The third kappa shape index (κ3) is 5.84. The van der Waals surface area contributed by atoms with Crippen LogP contribution in [0.25, 0.3) is 0 Å². The maximum Gasteiger partial charge on any atom is 0.0500 e. The van der Waals surface area contributed by atoms with Crippen LogP contribution in [-0.2, 0) is 4.74 Å². The highest BCUT2D eigenvalue weighted by molar-refractivity contribution is 4.87. The van der Waals surface area contributed by atoms with Gasteiger partial charge in [-0.1, -0.05) is 26.7 Å². The van der Waals surface area contributed by atoms with Gasteiger partial charge in [0.25, 0.3) is 0 Å². The van der Waals surface area contributed by atoms with Crippen LogP contribution in [0.15, 0.2) is 0 Å². The fourth-order valence-corrected chi connectivity index (χ4v) is 2.14. The van der Waals surface area contributed by atoms with Crippen LogP contribution in [0.2, 0.25) is 0 Å². The normalized spacial score (nSPS) is 19.6. The highest BCUT2D eigenvalue weighted by atomic mass is 16.5. The molecule has 102 valence electrons. The van der Waals surface area contributed by atoms with Gasteiger partial charge in [-0.3, -0.25) is 0 Å². The number of aliphatic hydroxyl groups excluding tert-OH is 1. The molecule has 1 atom stereocenters. The zero-order valence-corrected chi connectivity index (χ0v) is 11.5. The van der Waals surface area contributed by atoms with Crippen LogP contribution < -0.4 is 5.73 Å². The molecular formula is C14H29NO2. The lowest BCUT2D eigenvalue weighted by Crippen LogP contribution is -2.36. The molecule has 0 aliphatic heterocycles. The summed E-state index contributed by atoms with van der Waals surface area (Å²) >= 11 is 0. The molecule has 1 aliphatic rings. The molecule has 1 unspecified atom stereocenters. The Balaban J connectivity index is 2.18. The molecule has 0 amide bonds. The highest BCUT2D eigenvalue weighted by Crippen LogP contribution is 2.41. The van der Waals surface area contributed by atoms with Crippen molar-refractivity contribution in [1.82, 2.24) is 0 Å². The molecule has 0 spiro atoms. The molecule has 0 heterocycles. The Bertz CT molecular complexity index is 198. The molecule has 0 aromatic carbocycles. The largest absolute Gasteiger partial charge is 0.396 e. The van der Waals surface area contributed by atoms with Crippen LogP contribution in [0.1, 0.15) is 46.0 Å². The summed E-state index contributed by atoms with van der Waals surface area (Å²) in [5.74, 6) is 1.50. The lowest BCUT2D eigenvalue weighted by atomic mass is 9.80. The Labute approximate surface area is 106 Å². The van der Waals surface area contributed by atoms with Crippen molar-refractivity contribution in [3.8, 4) is 0 Å². The highest BCUT2D eigenvalue weighted by Gasteiger charge is 2.35. The minimum Gasteiger partial charge on any atom is -0.396 e. The third-order valence-electron chi connectivity index (χ3n) is 3.80. The zero-order chi connectivity index (χ0) is 12.7. The van der Waals surface area contributed by atoms with Gasteiger partial charge < -0.3 is 15.6 Å². The number of nitrogens with two attached hydrogens (primary N) is 1. The van der Waals surface area contributed by atoms with E-state index < -0.39 is 0 Å². The van der Waals surface area contributed by atoms with Gasteiger partial charge in [-0.2, -0.15) is 0 Å². The van der Waals surface area contributed by atoms with E-state index in [1.54, 1.807) is 0 Å². The molecule has 0 aromatic rings. The van der Waals surface area contributed by atoms with Crippen molar-refractivity contribution in [3.63, 3.8) is 0 Å². The number of ether oxygens (including phenoxy) is 1.